The standard InChI is InChI=1S/C23H19N7O/c1-15-19(22(31)27-18-9-3-2-4-10-18)20(16-7-5-11-24-13-16)30-23(26-15)28-21(29-30)17-8-6-12-25-14-17/h2-14,19-20H,1H2,(H,27,31)(H,26,28,29). The number of benzene rings is 1. The van der Waals surface area contributed by atoms with E-state index in [2.05, 4.69) is 32.2 Å². The Hall–Kier alpha value is -4.33. The zero-order chi connectivity index (χ0) is 21.2. The summed E-state index contributed by atoms with van der Waals surface area (Å²) in [6.07, 6.45) is 6.83. The monoisotopic (exact) mass is 409 g/mol. The van der Waals surface area contributed by atoms with E-state index in [9.17, 15) is 4.79 Å². The topological polar surface area (TPSA) is 97.6 Å². The number of nitrogens with zero attached hydrogens (tertiary/aromatic N) is 5. The fraction of sp³-hybridized carbons (Fsp3) is 0.0870. The summed E-state index contributed by atoms with van der Waals surface area (Å²) < 4.78 is 1.73. The number of rotatable bonds is 4. The van der Waals surface area contributed by atoms with Crippen molar-refractivity contribution in [3.63, 3.8) is 0 Å². The number of nitrogens with one attached hydrogen (secondary N) is 2. The molecule has 0 spiro atoms. The highest BCUT2D eigenvalue weighted by molar-refractivity contribution is 5.95. The van der Waals surface area contributed by atoms with Gasteiger partial charge in [0.05, 0.1) is 6.04 Å². The van der Waals surface area contributed by atoms with Crippen LogP contribution in [-0.2, 0) is 4.79 Å². The van der Waals surface area contributed by atoms with Crippen LogP contribution in [0.1, 0.15) is 11.6 Å². The maximum atomic E-state index is 13.3. The minimum atomic E-state index is -0.625. The van der Waals surface area contributed by atoms with E-state index in [-0.39, 0.29) is 5.91 Å². The summed E-state index contributed by atoms with van der Waals surface area (Å²) >= 11 is 0. The lowest BCUT2D eigenvalue weighted by Crippen LogP contribution is -2.39. The van der Waals surface area contributed by atoms with E-state index in [1.54, 1.807) is 29.5 Å². The lowest BCUT2D eigenvalue weighted by molar-refractivity contribution is -0.119. The zero-order valence-corrected chi connectivity index (χ0v) is 16.5. The number of hydrogen-bond donors (Lipinski definition) is 2. The molecule has 2 unspecified atom stereocenters. The van der Waals surface area contributed by atoms with E-state index in [1.807, 2.05) is 54.6 Å². The summed E-state index contributed by atoms with van der Waals surface area (Å²) in [5, 5.41) is 10.8. The normalized spacial score (nSPS) is 17.5. The number of anilines is 2. The van der Waals surface area contributed by atoms with Gasteiger partial charge in [-0.2, -0.15) is 4.98 Å². The fourth-order valence-corrected chi connectivity index (χ4v) is 3.70. The van der Waals surface area contributed by atoms with E-state index in [0.717, 1.165) is 11.1 Å². The van der Waals surface area contributed by atoms with Gasteiger partial charge in [0.1, 0.15) is 5.92 Å². The summed E-state index contributed by atoms with van der Waals surface area (Å²) in [5.41, 5.74) is 2.87. The molecule has 0 saturated carbocycles. The molecule has 2 atom stereocenters. The van der Waals surface area contributed by atoms with Gasteiger partial charge in [-0.15, -0.1) is 5.10 Å². The first-order chi connectivity index (χ1) is 15.2. The second-order valence-corrected chi connectivity index (χ2v) is 7.16. The van der Waals surface area contributed by atoms with Crippen LogP contribution >= 0.6 is 0 Å². The summed E-state index contributed by atoms with van der Waals surface area (Å²) in [6.45, 7) is 4.13. The summed E-state index contributed by atoms with van der Waals surface area (Å²) in [5.74, 6) is 0.213. The van der Waals surface area contributed by atoms with Gasteiger partial charge in [-0.05, 0) is 35.9 Å². The minimum Gasteiger partial charge on any atom is -0.328 e. The highest BCUT2D eigenvalue weighted by Gasteiger charge is 2.40. The van der Waals surface area contributed by atoms with Crippen molar-refractivity contribution in [1.82, 2.24) is 24.7 Å². The van der Waals surface area contributed by atoms with E-state index in [0.29, 0.717) is 23.2 Å². The smallest absolute Gasteiger partial charge is 0.235 e. The molecular weight excluding hydrogens is 390 g/mol. The molecule has 0 bridgehead atoms. The van der Waals surface area contributed by atoms with Crippen LogP contribution in [0.15, 0.2) is 91.7 Å². The van der Waals surface area contributed by atoms with Crippen molar-refractivity contribution in [2.45, 2.75) is 6.04 Å². The number of para-hydroxylation sites is 1. The van der Waals surface area contributed by atoms with Gasteiger partial charge < -0.3 is 10.6 Å². The Kier molecular flexibility index (Phi) is 4.72. The van der Waals surface area contributed by atoms with Crippen LogP contribution in [0.2, 0.25) is 0 Å². The maximum Gasteiger partial charge on any atom is 0.235 e. The van der Waals surface area contributed by atoms with Crippen molar-refractivity contribution in [3.05, 3.63) is 97.2 Å². The third-order valence-corrected chi connectivity index (χ3v) is 5.13. The van der Waals surface area contributed by atoms with Gasteiger partial charge in [-0.3, -0.25) is 14.8 Å². The minimum absolute atomic E-state index is 0.193. The highest BCUT2D eigenvalue weighted by Crippen LogP contribution is 2.38. The predicted molar refractivity (Wildman–Crippen MR) is 117 cm³/mol. The van der Waals surface area contributed by atoms with E-state index < -0.39 is 12.0 Å². The lowest BCUT2D eigenvalue weighted by Gasteiger charge is -2.33. The quantitative estimate of drug-likeness (QED) is 0.535. The van der Waals surface area contributed by atoms with E-state index in [1.165, 1.54) is 0 Å². The van der Waals surface area contributed by atoms with Gasteiger partial charge in [0.25, 0.3) is 0 Å². The third kappa shape index (κ3) is 3.55. The van der Waals surface area contributed by atoms with Crippen molar-refractivity contribution in [2.75, 3.05) is 10.6 Å². The zero-order valence-electron chi connectivity index (χ0n) is 16.5. The maximum absolute atomic E-state index is 13.3. The Labute approximate surface area is 178 Å². The predicted octanol–water partition coefficient (Wildman–Crippen LogP) is 3.52. The van der Waals surface area contributed by atoms with Crippen LogP contribution < -0.4 is 10.6 Å². The number of carbonyl (C=O) groups is 1. The first-order valence-corrected chi connectivity index (χ1v) is 9.79. The molecule has 31 heavy (non-hydrogen) atoms. The van der Waals surface area contributed by atoms with Crippen molar-refractivity contribution in [2.24, 2.45) is 5.92 Å². The number of carbonyl (C=O) groups excluding carboxylic acids is 1. The number of amides is 1. The number of fused-ring (bicyclic) bond motifs is 1. The molecule has 4 heterocycles. The van der Waals surface area contributed by atoms with Crippen LogP contribution in [0.25, 0.3) is 11.4 Å². The molecule has 1 aliphatic heterocycles. The first kappa shape index (κ1) is 18.7. The van der Waals surface area contributed by atoms with E-state index in [4.69, 9.17) is 5.10 Å². The molecule has 5 rings (SSSR count). The molecule has 2 N–H and O–H groups in total. The molecule has 3 aromatic heterocycles. The van der Waals surface area contributed by atoms with Gasteiger partial charge in [-0.25, -0.2) is 4.68 Å². The van der Waals surface area contributed by atoms with Crippen LogP contribution in [0.3, 0.4) is 0 Å². The summed E-state index contributed by atoms with van der Waals surface area (Å²) in [6, 6.07) is 16.4. The number of hydrogen-bond acceptors (Lipinski definition) is 6. The number of aromatic nitrogens is 5. The Bertz CT molecular complexity index is 1220. The Balaban J connectivity index is 1.58. The molecule has 1 aromatic carbocycles. The summed E-state index contributed by atoms with van der Waals surface area (Å²) in [4.78, 5) is 26.4. The van der Waals surface area contributed by atoms with Gasteiger partial charge >= 0.3 is 0 Å². The molecule has 0 radical (unpaired) electrons. The molecule has 1 aliphatic rings. The van der Waals surface area contributed by atoms with Crippen molar-refractivity contribution in [3.8, 4) is 11.4 Å². The second kappa shape index (κ2) is 7.83. The van der Waals surface area contributed by atoms with Crippen molar-refractivity contribution >= 4 is 17.5 Å². The largest absolute Gasteiger partial charge is 0.328 e. The average molecular weight is 409 g/mol. The van der Waals surface area contributed by atoms with Gasteiger partial charge in [-0.1, -0.05) is 30.8 Å². The Morgan fingerprint density at radius 3 is 2.48 bits per heavy atom. The molecule has 0 aliphatic carbocycles. The number of pyridine rings is 2. The van der Waals surface area contributed by atoms with Gasteiger partial charge in [0.15, 0.2) is 5.82 Å². The summed E-state index contributed by atoms with van der Waals surface area (Å²) in [7, 11) is 0. The lowest BCUT2D eigenvalue weighted by atomic mass is 9.89. The highest BCUT2D eigenvalue weighted by atomic mass is 16.2. The molecule has 1 amide bonds. The van der Waals surface area contributed by atoms with Crippen molar-refractivity contribution in [1.29, 1.82) is 0 Å². The Morgan fingerprint density at radius 1 is 1.00 bits per heavy atom. The molecule has 8 heteroatoms. The third-order valence-electron chi connectivity index (χ3n) is 5.13. The molecule has 152 valence electrons. The SMILES string of the molecule is C=C1Nc2nc(-c3cccnc3)nn2C(c2cccnc2)C1C(=O)Nc1ccccc1. The first-order valence-electron chi connectivity index (χ1n) is 9.79. The van der Waals surface area contributed by atoms with Crippen LogP contribution in [0, 0.1) is 5.92 Å². The Morgan fingerprint density at radius 2 is 1.77 bits per heavy atom. The van der Waals surface area contributed by atoms with Crippen LogP contribution in [0.5, 0.6) is 0 Å². The fourth-order valence-electron chi connectivity index (χ4n) is 3.70. The van der Waals surface area contributed by atoms with Crippen LogP contribution in [-0.4, -0.2) is 30.6 Å². The average Bonchev–Trinajstić information content (AvgIpc) is 3.23. The second-order valence-electron chi connectivity index (χ2n) is 7.16. The molecule has 8 nitrogen and oxygen atoms in total. The van der Waals surface area contributed by atoms with E-state index >= 15 is 0 Å². The van der Waals surface area contributed by atoms with Crippen molar-refractivity contribution < 1.29 is 4.79 Å². The molecule has 4 aromatic rings. The van der Waals surface area contributed by atoms with Gasteiger partial charge in [0.2, 0.25) is 11.9 Å². The molecule has 0 saturated heterocycles. The van der Waals surface area contributed by atoms with Gasteiger partial charge in [0, 0.05) is 41.7 Å². The molecule has 0 fully saturated rings. The molecular formula is C23H19N7O. The van der Waals surface area contributed by atoms with Crippen LogP contribution in [0.4, 0.5) is 11.6 Å².